The van der Waals surface area contributed by atoms with Crippen molar-refractivity contribution in [1.82, 2.24) is 24.4 Å². The summed E-state index contributed by atoms with van der Waals surface area (Å²) in [6.07, 6.45) is 9.45. The van der Waals surface area contributed by atoms with Crippen LogP contribution in [0.25, 0.3) is 11.2 Å². The zero-order chi connectivity index (χ0) is 25.1. The summed E-state index contributed by atoms with van der Waals surface area (Å²) < 4.78 is 7.32. The van der Waals surface area contributed by atoms with Gasteiger partial charge in [-0.1, -0.05) is 50.8 Å². The van der Waals surface area contributed by atoms with Crippen LogP contribution < -0.4 is 9.64 Å². The number of rotatable bonds is 7. The third-order valence-corrected chi connectivity index (χ3v) is 4.19. The second kappa shape index (κ2) is 12.7. The number of benzene rings is 1. The third-order valence-electron chi connectivity index (χ3n) is 4.19. The number of ether oxygens (including phenoxy) is 1. The number of amides is 1. The Morgan fingerprint density at radius 1 is 1.18 bits per heavy atom. The maximum absolute atomic E-state index is 13.3. The van der Waals surface area contributed by atoms with Gasteiger partial charge in [-0.25, -0.2) is 19.7 Å². The number of para-hydroxylation sites is 1. The summed E-state index contributed by atoms with van der Waals surface area (Å²) in [5, 5.41) is 0. The van der Waals surface area contributed by atoms with Crippen molar-refractivity contribution in [3.8, 4) is 6.01 Å². The van der Waals surface area contributed by atoms with Gasteiger partial charge in [0.25, 0.3) is 0 Å². The van der Waals surface area contributed by atoms with Crippen LogP contribution in [0.1, 0.15) is 20.8 Å². The molecule has 2 aromatic heterocycles. The van der Waals surface area contributed by atoms with Crippen LogP contribution in [0.3, 0.4) is 0 Å². The number of carbonyl (C=O) groups excluding carboxylic acids is 1. The highest BCUT2D eigenvalue weighted by Gasteiger charge is 2.23. The van der Waals surface area contributed by atoms with E-state index in [1.807, 2.05) is 59.1 Å². The molecule has 0 spiro atoms. The molecule has 0 aliphatic heterocycles. The number of hydrogen-bond donors (Lipinski definition) is 0. The lowest BCUT2D eigenvalue weighted by Crippen LogP contribution is -2.32. The molecule has 1 aromatic carbocycles. The lowest BCUT2D eigenvalue weighted by Gasteiger charge is -2.22. The van der Waals surface area contributed by atoms with E-state index in [4.69, 9.17) is 4.74 Å². The molecule has 0 aliphatic carbocycles. The van der Waals surface area contributed by atoms with Gasteiger partial charge in [-0.2, -0.15) is 9.97 Å². The number of anilines is 1. The van der Waals surface area contributed by atoms with Gasteiger partial charge in [0.2, 0.25) is 0 Å². The van der Waals surface area contributed by atoms with Crippen LogP contribution >= 0.6 is 0 Å². The van der Waals surface area contributed by atoms with Crippen molar-refractivity contribution < 1.29 is 9.53 Å². The molecule has 9 heteroatoms. The Kier molecular flexibility index (Phi) is 9.70. The predicted octanol–water partition coefficient (Wildman–Crippen LogP) is 5.26. The molecule has 0 fully saturated rings. The highest BCUT2D eigenvalue weighted by atomic mass is 16.6. The van der Waals surface area contributed by atoms with Crippen molar-refractivity contribution in [1.29, 1.82) is 0 Å². The van der Waals surface area contributed by atoms with Gasteiger partial charge in [-0.15, -0.1) is 0 Å². The number of aryl methyl sites for hydroxylation is 1. The van der Waals surface area contributed by atoms with Crippen molar-refractivity contribution >= 4 is 35.1 Å². The number of allylic oxidation sites excluding steroid dienone is 4. The average molecular weight is 462 g/mol. The Morgan fingerprint density at radius 3 is 2.50 bits per heavy atom. The number of carbonyl (C=O) groups is 1. The number of aliphatic imine (C=N–C) groups is 1. The van der Waals surface area contributed by atoms with Gasteiger partial charge in [0.15, 0.2) is 17.0 Å². The van der Waals surface area contributed by atoms with Crippen molar-refractivity contribution in [3.63, 3.8) is 0 Å². The van der Waals surface area contributed by atoms with Crippen molar-refractivity contribution in [2.75, 3.05) is 19.0 Å². The van der Waals surface area contributed by atoms with E-state index >= 15 is 0 Å². The summed E-state index contributed by atoms with van der Waals surface area (Å²) in [5.41, 5.74) is 2.20. The molecule has 178 valence electrons. The highest BCUT2D eigenvalue weighted by molar-refractivity contribution is 5.93. The van der Waals surface area contributed by atoms with Crippen molar-refractivity contribution in [2.45, 2.75) is 20.8 Å². The Balaban J connectivity index is 0.00000199. The minimum atomic E-state index is -0.675. The zero-order valence-electron chi connectivity index (χ0n) is 20.5. The van der Waals surface area contributed by atoms with E-state index < -0.39 is 6.09 Å². The fourth-order valence-electron chi connectivity index (χ4n) is 2.84. The molecule has 34 heavy (non-hydrogen) atoms. The Hall–Kier alpha value is -4.27. The van der Waals surface area contributed by atoms with E-state index in [0.29, 0.717) is 28.4 Å². The van der Waals surface area contributed by atoms with E-state index in [9.17, 15) is 4.79 Å². The van der Waals surface area contributed by atoms with Crippen LogP contribution in [0.5, 0.6) is 6.01 Å². The number of nitrogens with zero attached hydrogens (tertiary/aromatic N) is 7. The first-order valence-corrected chi connectivity index (χ1v) is 10.9. The zero-order valence-corrected chi connectivity index (χ0v) is 20.5. The Labute approximate surface area is 200 Å². The molecule has 0 saturated heterocycles. The Bertz CT molecular complexity index is 1190. The Morgan fingerprint density at radius 2 is 1.88 bits per heavy atom. The average Bonchev–Trinajstić information content (AvgIpc) is 3.20. The fourth-order valence-corrected chi connectivity index (χ4v) is 2.84. The minimum absolute atomic E-state index is 0.128. The van der Waals surface area contributed by atoms with Crippen molar-refractivity contribution in [3.05, 3.63) is 73.2 Å². The molecule has 2 heterocycles. The monoisotopic (exact) mass is 461 g/mol. The quantitative estimate of drug-likeness (QED) is 0.271. The van der Waals surface area contributed by atoms with Gasteiger partial charge in [0, 0.05) is 21.1 Å². The molecule has 0 bridgehead atoms. The summed E-state index contributed by atoms with van der Waals surface area (Å²) in [6.45, 7) is 9.60. The summed E-state index contributed by atoms with van der Waals surface area (Å²) in [4.78, 5) is 33.8. The summed E-state index contributed by atoms with van der Waals surface area (Å²) >= 11 is 0. The molecule has 9 nitrogen and oxygen atoms in total. The van der Waals surface area contributed by atoms with Gasteiger partial charge in [-0.3, -0.25) is 0 Å². The number of hydrogen-bond acceptors (Lipinski definition) is 6. The molecule has 0 aliphatic rings. The summed E-state index contributed by atoms with van der Waals surface area (Å²) in [5.74, 6) is 0.300. The number of aromatic nitrogens is 4. The van der Waals surface area contributed by atoms with E-state index in [0.717, 1.165) is 0 Å². The van der Waals surface area contributed by atoms with Gasteiger partial charge >= 0.3 is 12.1 Å². The van der Waals surface area contributed by atoms with E-state index in [2.05, 4.69) is 26.5 Å². The third kappa shape index (κ3) is 6.38. The van der Waals surface area contributed by atoms with Gasteiger partial charge < -0.3 is 14.2 Å². The number of fused-ring (bicyclic) bond motifs is 1. The van der Waals surface area contributed by atoms with Crippen LogP contribution in [0, 0.1) is 0 Å². The second-order valence-electron chi connectivity index (χ2n) is 6.93. The van der Waals surface area contributed by atoms with Crippen LogP contribution in [0.15, 0.2) is 78.2 Å². The van der Waals surface area contributed by atoms with Gasteiger partial charge in [-0.05, 0) is 31.2 Å². The second-order valence-corrected chi connectivity index (χ2v) is 6.93. The smallest absolute Gasteiger partial charge is 0.373 e. The largest absolute Gasteiger partial charge is 0.426 e. The van der Waals surface area contributed by atoms with Crippen LogP contribution in [0.2, 0.25) is 0 Å². The number of imidazole rings is 1. The van der Waals surface area contributed by atoms with E-state index in [1.54, 1.807) is 59.5 Å². The van der Waals surface area contributed by atoms with Crippen LogP contribution in [0.4, 0.5) is 16.3 Å². The topological polar surface area (TPSA) is 88.7 Å². The lowest BCUT2D eigenvalue weighted by atomic mass is 10.2. The predicted molar refractivity (Wildman–Crippen MR) is 138 cm³/mol. The fraction of sp³-hybridized carbons (Fsp3) is 0.240. The van der Waals surface area contributed by atoms with E-state index in [-0.39, 0.29) is 6.01 Å². The molecular weight excluding hydrogens is 430 g/mol. The van der Waals surface area contributed by atoms with Crippen molar-refractivity contribution in [2.24, 2.45) is 12.0 Å². The highest BCUT2D eigenvalue weighted by Crippen LogP contribution is 2.26. The normalized spacial score (nSPS) is 11.4. The first-order valence-electron chi connectivity index (χ1n) is 10.9. The van der Waals surface area contributed by atoms with Gasteiger partial charge in [0.05, 0.1) is 24.1 Å². The molecule has 1 amide bonds. The SMILES string of the molecule is C=C/C=C(\C=C/C)N(C(=O)Oc1nc(/N=C\N(C)C)c2ncn(C)c2n1)c1ccccc1.CC. The molecule has 0 atom stereocenters. The maximum atomic E-state index is 13.3. The minimum Gasteiger partial charge on any atom is -0.373 e. The maximum Gasteiger partial charge on any atom is 0.426 e. The molecule has 0 N–H and O–H groups in total. The van der Waals surface area contributed by atoms with Crippen LogP contribution in [-0.4, -0.2) is 50.9 Å². The molecular formula is C25H31N7O2. The molecule has 0 unspecified atom stereocenters. The standard InChI is InChI=1S/C23H25N7O2.C2H6/c1-6-11-17(12-7-2)30(18-13-9-8-10-14-18)23(31)32-22-26-20(25-15-28(3)4)19-21(27-22)29(5)16-24-19;1-2/h6-16H,1H2,2-5H3;1-2H3/b12-7-,17-11+,25-15-;. The molecule has 3 rings (SSSR count). The summed E-state index contributed by atoms with van der Waals surface area (Å²) in [6, 6.07) is 9.02. The first-order chi connectivity index (χ1) is 16.4. The van der Waals surface area contributed by atoms with Gasteiger partial charge in [0.1, 0.15) is 0 Å². The molecule has 3 aromatic rings. The van der Waals surface area contributed by atoms with Crippen LogP contribution in [-0.2, 0) is 7.05 Å². The lowest BCUT2D eigenvalue weighted by molar-refractivity contribution is 0.206. The molecule has 0 radical (unpaired) electrons. The van der Waals surface area contributed by atoms with E-state index in [1.165, 1.54) is 4.90 Å². The molecule has 0 saturated carbocycles. The summed E-state index contributed by atoms with van der Waals surface area (Å²) in [7, 11) is 5.47. The first kappa shape index (κ1) is 26.0.